The highest BCUT2D eigenvalue weighted by Crippen LogP contribution is 2.41. The lowest BCUT2D eigenvalue weighted by molar-refractivity contribution is 0.254. The lowest BCUT2D eigenvalue weighted by Crippen LogP contribution is -2.39. The van der Waals surface area contributed by atoms with Gasteiger partial charge in [0.05, 0.1) is 25.0 Å². The van der Waals surface area contributed by atoms with E-state index in [0.29, 0.717) is 23.7 Å². The summed E-state index contributed by atoms with van der Waals surface area (Å²) in [6.45, 7) is 0.734. The van der Waals surface area contributed by atoms with E-state index in [2.05, 4.69) is 22.0 Å². The van der Waals surface area contributed by atoms with Gasteiger partial charge in [-0.2, -0.15) is 0 Å². The molecule has 3 aromatic rings. The van der Waals surface area contributed by atoms with Crippen LogP contribution in [0.4, 0.5) is 5.69 Å². The first-order valence-corrected chi connectivity index (χ1v) is 9.90. The van der Waals surface area contributed by atoms with Crippen molar-refractivity contribution in [2.75, 3.05) is 20.3 Å². The molecule has 4 rings (SSSR count). The fourth-order valence-electron chi connectivity index (χ4n) is 3.62. The quantitative estimate of drug-likeness (QED) is 0.648. The van der Waals surface area contributed by atoms with Crippen molar-refractivity contribution < 1.29 is 9.84 Å². The summed E-state index contributed by atoms with van der Waals surface area (Å²) >= 11 is 6.34. The molecule has 1 aliphatic heterocycles. The van der Waals surface area contributed by atoms with Crippen molar-refractivity contribution in [3.05, 3.63) is 88.7 Å². The van der Waals surface area contributed by atoms with Gasteiger partial charge in [0.25, 0.3) is 0 Å². The Kier molecular flexibility index (Phi) is 5.79. The number of hydrogen-bond acceptors (Lipinski definition) is 5. The Balaban J connectivity index is 1.89. The topological polar surface area (TPSA) is 58.0 Å². The maximum Gasteiger partial charge on any atom is 0.156 e. The van der Waals surface area contributed by atoms with Crippen LogP contribution in [0.1, 0.15) is 29.3 Å². The maximum absolute atomic E-state index is 9.50. The molecule has 1 N–H and O–H groups in total. The van der Waals surface area contributed by atoms with Crippen molar-refractivity contribution >= 4 is 23.1 Å². The van der Waals surface area contributed by atoms with Gasteiger partial charge in [-0.05, 0) is 42.3 Å². The van der Waals surface area contributed by atoms with Crippen LogP contribution in [-0.4, -0.2) is 41.1 Å². The molecule has 1 aliphatic rings. The van der Waals surface area contributed by atoms with Gasteiger partial charge >= 0.3 is 0 Å². The first-order valence-electron chi connectivity index (χ1n) is 9.52. The molecule has 5 nitrogen and oxygen atoms in total. The van der Waals surface area contributed by atoms with Crippen LogP contribution >= 0.6 is 11.6 Å². The van der Waals surface area contributed by atoms with Crippen LogP contribution in [0.2, 0.25) is 5.02 Å². The third-order valence-electron chi connectivity index (χ3n) is 4.97. The average molecular weight is 408 g/mol. The number of methoxy groups -OCH3 is 1. The van der Waals surface area contributed by atoms with Gasteiger partial charge in [-0.1, -0.05) is 41.9 Å². The molecule has 0 amide bonds. The number of benzene rings is 2. The Bertz CT molecular complexity index is 1010. The van der Waals surface area contributed by atoms with Crippen LogP contribution in [0.15, 0.2) is 71.9 Å². The van der Waals surface area contributed by atoms with Gasteiger partial charge < -0.3 is 14.7 Å². The van der Waals surface area contributed by atoms with E-state index in [1.807, 2.05) is 48.5 Å². The Labute approximate surface area is 175 Å². The number of fused-ring (bicyclic) bond motifs is 1. The largest absolute Gasteiger partial charge is 0.495 e. The average Bonchev–Trinajstić information content (AvgIpc) is 2.77. The molecule has 0 spiro atoms. The number of hydrogen-bond donors (Lipinski definition) is 1. The number of rotatable bonds is 6. The molecule has 6 heteroatoms. The Hall–Kier alpha value is -2.89. The molecule has 0 bridgehead atoms. The summed E-state index contributed by atoms with van der Waals surface area (Å²) in [5, 5.41) is 10.2. The molecule has 1 unspecified atom stereocenters. The number of halogens is 1. The molecule has 0 fully saturated rings. The highest BCUT2D eigenvalue weighted by Gasteiger charge is 2.32. The number of aliphatic hydroxyl groups excluding tert-OH is 1. The number of aliphatic imine (C=N–C) groups is 1. The Morgan fingerprint density at radius 2 is 1.93 bits per heavy atom. The summed E-state index contributed by atoms with van der Waals surface area (Å²) in [6, 6.07) is 19.8. The van der Waals surface area contributed by atoms with Crippen LogP contribution in [-0.2, 0) is 0 Å². The van der Waals surface area contributed by atoms with Gasteiger partial charge in [-0.15, -0.1) is 0 Å². The van der Waals surface area contributed by atoms with E-state index in [1.54, 1.807) is 13.3 Å². The minimum absolute atomic E-state index is 0.0761. The van der Waals surface area contributed by atoms with Crippen molar-refractivity contribution in [3.8, 4) is 5.75 Å². The smallest absolute Gasteiger partial charge is 0.156 e. The summed E-state index contributed by atoms with van der Waals surface area (Å²) in [6.07, 6.45) is 2.31. The molecule has 1 aromatic heterocycles. The monoisotopic (exact) mass is 407 g/mol. The normalized spacial score (nSPS) is 15.6. The summed E-state index contributed by atoms with van der Waals surface area (Å²) in [4.78, 5) is 11.7. The maximum atomic E-state index is 9.50. The van der Waals surface area contributed by atoms with E-state index >= 15 is 0 Å². The van der Waals surface area contributed by atoms with E-state index < -0.39 is 0 Å². The van der Waals surface area contributed by atoms with Crippen LogP contribution in [0.25, 0.3) is 0 Å². The summed E-state index contributed by atoms with van der Waals surface area (Å²) < 4.78 is 5.24. The number of amidine groups is 1. The van der Waals surface area contributed by atoms with E-state index in [0.717, 1.165) is 28.3 Å². The molecular formula is C23H22ClN3O2. The van der Waals surface area contributed by atoms with Gasteiger partial charge in [-0.25, -0.2) is 9.98 Å². The van der Waals surface area contributed by atoms with Crippen molar-refractivity contribution in [2.45, 2.75) is 12.5 Å². The van der Waals surface area contributed by atoms with Gasteiger partial charge in [0, 0.05) is 23.7 Å². The lowest BCUT2D eigenvalue weighted by atomic mass is 9.93. The van der Waals surface area contributed by atoms with Gasteiger partial charge in [-0.3, -0.25) is 0 Å². The minimum Gasteiger partial charge on any atom is -0.495 e. The first kappa shape index (κ1) is 19.4. The zero-order valence-corrected chi connectivity index (χ0v) is 16.9. The molecule has 0 saturated heterocycles. The fraction of sp³-hybridized carbons (Fsp3) is 0.217. The predicted octanol–water partition coefficient (Wildman–Crippen LogP) is 4.61. The van der Waals surface area contributed by atoms with E-state index in [4.69, 9.17) is 21.3 Å². The fourth-order valence-corrected chi connectivity index (χ4v) is 3.80. The van der Waals surface area contributed by atoms with Gasteiger partial charge in [0.15, 0.2) is 5.84 Å². The van der Waals surface area contributed by atoms with E-state index in [-0.39, 0.29) is 12.6 Å². The minimum atomic E-state index is -0.0761. The molecule has 0 saturated carbocycles. The second kappa shape index (κ2) is 8.64. The van der Waals surface area contributed by atoms with Crippen molar-refractivity contribution in [2.24, 2.45) is 4.99 Å². The summed E-state index contributed by atoms with van der Waals surface area (Å²) in [5.41, 5.74) is 3.80. The second-order valence-corrected chi connectivity index (χ2v) is 7.24. The van der Waals surface area contributed by atoms with Crippen molar-refractivity contribution in [1.82, 2.24) is 9.88 Å². The zero-order valence-electron chi connectivity index (χ0n) is 16.1. The van der Waals surface area contributed by atoms with E-state index in [1.165, 1.54) is 0 Å². The number of nitrogens with zero attached hydrogens (tertiary/aromatic N) is 3. The van der Waals surface area contributed by atoms with Crippen molar-refractivity contribution in [1.29, 1.82) is 0 Å². The molecule has 1 atom stereocenters. The second-order valence-electron chi connectivity index (χ2n) is 6.81. The van der Waals surface area contributed by atoms with Crippen molar-refractivity contribution in [3.63, 3.8) is 0 Å². The van der Waals surface area contributed by atoms with Crippen LogP contribution < -0.4 is 4.74 Å². The molecular weight excluding hydrogens is 386 g/mol. The molecule has 0 radical (unpaired) electrons. The molecule has 2 aromatic carbocycles. The molecule has 148 valence electrons. The molecule has 2 heterocycles. The summed E-state index contributed by atoms with van der Waals surface area (Å²) in [5.74, 6) is 1.46. The first-order chi connectivity index (χ1) is 14.2. The third-order valence-corrected chi connectivity index (χ3v) is 5.20. The highest BCUT2D eigenvalue weighted by molar-refractivity contribution is 6.30. The number of ether oxygens (including phenoxy) is 1. The predicted molar refractivity (Wildman–Crippen MR) is 115 cm³/mol. The number of aromatic nitrogens is 1. The number of aliphatic hydroxyl groups is 1. The molecule has 29 heavy (non-hydrogen) atoms. The third kappa shape index (κ3) is 3.97. The van der Waals surface area contributed by atoms with Gasteiger partial charge in [0.1, 0.15) is 11.4 Å². The summed E-state index contributed by atoms with van der Waals surface area (Å²) in [7, 11) is 1.62. The van der Waals surface area contributed by atoms with Crippen LogP contribution in [0.3, 0.4) is 0 Å². The van der Waals surface area contributed by atoms with Crippen LogP contribution in [0.5, 0.6) is 5.75 Å². The Morgan fingerprint density at radius 1 is 1.10 bits per heavy atom. The van der Waals surface area contributed by atoms with Gasteiger partial charge in [0.2, 0.25) is 0 Å². The highest BCUT2D eigenvalue weighted by atomic mass is 35.5. The SMILES string of the molecule is COc1ccc(C2=Nc3ccc(Cl)cc3C(c3ccccc3)N2CCCO)nc1. The van der Waals surface area contributed by atoms with Crippen LogP contribution in [0, 0.1) is 0 Å². The molecule has 0 aliphatic carbocycles. The Morgan fingerprint density at radius 3 is 2.62 bits per heavy atom. The van der Waals surface area contributed by atoms with E-state index in [9.17, 15) is 5.11 Å². The zero-order chi connectivity index (χ0) is 20.2. The number of pyridine rings is 1. The lowest BCUT2D eigenvalue weighted by Gasteiger charge is -2.38. The standard InChI is InChI=1S/C23H22ClN3O2/c1-29-18-9-11-21(25-15-18)23-26-20-10-8-17(24)14-19(20)22(27(23)12-5-13-28)16-6-3-2-4-7-16/h2-4,6-11,14-15,22,28H,5,12-13H2,1H3.